The molecule has 1 unspecified atom stereocenters. The third-order valence-electron chi connectivity index (χ3n) is 3.39. The van der Waals surface area contributed by atoms with Crippen LogP contribution in [0, 0.1) is 0 Å². The van der Waals surface area contributed by atoms with Gasteiger partial charge in [-0.15, -0.1) is 0 Å². The summed E-state index contributed by atoms with van der Waals surface area (Å²) >= 11 is 1.88. The van der Waals surface area contributed by atoms with Crippen LogP contribution in [0.15, 0.2) is 24.3 Å². The van der Waals surface area contributed by atoms with Crippen molar-refractivity contribution in [3.05, 3.63) is 35.4 Å². The van der Waals surface area contributed by atoms with Gasteiger partial charge in [-0.2, -0.15) is 11.8 Å². The summed E-state index contributed by atoms with van der Waals surface area (Å²) in [5, 5.41) is 0. The lowest BCUT2D eigenvalue weighted by Gasteiger charge is -2.27. The van der Waals surface area contributed by atoms with Gasteiger partial charge in [0.05, 0.1) is 0 Å². The Hall–Kier alpha value is -0.510. The third kappa shape index (κ3) is 4.30. The fourth-order valence-electron chi connectivity index (χ4n) is 2.06. The Balaban J connectivity index is 2.75. The fraction of sp³-hybridized carbons (Fsp3) is 0.600. The number of benzene rings is 1. The van der Waals surface area contributed by atoms with Gasteiger partial charge >= 0.3 is 0 Å². The zero-order valence-electron chi connectivity index (χ0n) is 12.0. The van der Waals surface area contributed by atoms with Crippen molar-refractivity contribution in [2.75, 3.05) is 32.1 Å². The Labute approximate surface area is 116 Å². The molecule has 0 bridgehead atoms. The minimum atomic E-state index is 0.332. The first-order valence-corrected chi connectivity index (χ1v) is 7.98. The van der Waals surface area contributed by atoms with Gasteiger partial charge in [0.15, 0.2) is 0 Å². The Bertz CT molecular complexity index is 335. The van der Waals surface area contributed by atoms with Crippen LogP contribution in [0.1, 0.15) is 36.9 Å². The maximum absolute atomic E-state index is 5.93. The molecule has 102 valence electrons. The molecule has 0 aromatic heterocycles. The predicted octanol–water partition coefficient (Wildman–Crippen LogP) is 3.10. The quantitative estimate of drug-likeness (QED) is 0.822. The molecule has 2 N–H and O–H groups in total. The van der Waals surface area contributed by atoms with Crippen LogP contribution in [0.25, 0.3) is 0 Å². The number of likely N-dealkylation sites (N-methyl/N-ethyl adjacent to an activating group) is 1. The van der Waals surface area contributed by atoms with E-state index < -0.39 is 0 Å². The highest BCUT2D eigenvalue weighted by molar-refractivity contribution is 7.98. The van der Waals surface area contributed by atoms with Crippen LogP contribution in [-0.2, 0) is 0 Å². The molecule has 3 heteroatoms. The molecule has 0 fully saturated rings. The van der Waals surface area contributed by atoms with Crippen molar-refractivity contribution < 1.29 is 0 Å². The second-order valence-corrected chi connectivity index (χ2v) is 6.03. The zero-order valence-corrected chi connectivity index (χ0v) is 12.8. The van der Waals surface area contributed by atoms with E-state index in [0.29, 0.717) is 18.5 Å². The molecule has 0 aliphatic rings. The maximum atomic E-state index is 5.93. The molecule has 2 nitrogen and oxygen atoms in total. The van der Waals surface area contributed by atoms with Crippen LogP contribution in [0.5, 0.6) is 0 Å². The monoisotopic (exact) mass is 266 g/mol. The smallest absolute Gasteiger partial charge is 0.0467 e. The summed E-state index contributed by atoms with van der Waals surface area (Å²) in [7, 11) is 2.16. The van der Waals surface area contributed by atoms with Gasteiger partial charge in [0.1, 0.15) is 0 Å². The highest BCUT2D eigenvalue weighted by Gasteiger charge is 2.14. The van der Waals surface area contributed by atoms with Crippen molar-refractivity contribution >= 4 is 11.8 Å². The Kier molecular flexibility index (Phi) is 6.76. The van der Waals surface area contributed by atoms with Gasteiger partial charge in [0, 0.05) is 24.9 Å². The lowest BCUT2D eigenvalue weighted by atomic mass is 9.98. The third-order valence-corrected chi connectivity index (χ3v) is 3.98. The van der Waals surface area contributed by atoms with Gasteiger partial charge in [0.2, 0.25) is 0 Å². The second-order valence-electron chi connectivity index (χ2n) is 5.05. The summed E-state index contributed by atoms with van der Waals surface area (Å²) in [5.74, 6) is 1.74. The van der Waals surface area contributed by atoms with E-state index >= 15 is 0 Å². The first kappa shape index (κ1) is 15.5. The van der Waals surface area contributed by atoms with E-state index in [4.69, 9.17) is 5.73 Å². The molecule has 0 aliphatic heterocycles. The van der Waals surface area contributed by atoms with Crippen molar-refractivity contribution in [2.45, 2.75) is 25.8 Å². The molecule has 1 atom stereocenters. The van der Waals surface area contributed by atoms with Gasteiger partial charge in [-0.05, 0) is 30.3 Å². The maximum Gasteiger partial charge on any atom is 0.0467 e. The predicted molar refractivity (Wildman–Crippen MR) is 83.3 cm³/mol. The Morgan fingerprint density at radius 3 is 2.17 bits per heavy atom. The number of hydrogen-bond acceptors (Lipinski definition) is 3. The second kappa shape index (κ2) is 7.82. The largest absolute Gasteiger partial charge is 0.329 e. The summed E-state index contributed by atoms with van der Waals surface area (Å²) < 4.78 is 0. The molecular formula is C15H26N2S. The van der Waals surface area contributed by atoms with Crippen LogP contribution in [0.4, 0.5) is 0 Å². The minimum absolute atomic E-state index is 0.332. The summed E-state index contributed by atoms with van der Waals surface area (Å²) in [5.41, 5.74) is 8.64. The van der Waals surface area contributed by atoms with Gasteiger partial charge in [0.25, 0.3) is 0 Å². The molecule has 0 saturated carbocycles. The van der Waals surface area contributed by atoms with Gasteiger partial charge < -0.3 is 5.73 Å². The molecule has 1 rings (SSSR count). The number of thioether (sulfide) groups is 1. The molecule has 0 spiro atoms. The SMILES string of the molecule is CSCCN(C)C(CN)c1ccc(C(C)C)cc1. The number of hydrogen-bond donors (Lipinski definition) is 1. The Morgan fingerprint density at radius 2 is 1.72 bits per heavy atom. The number of nitrogens with zero attached hydrogens (tertiary/aromatic N) is 1. The molecule has 1 aromatic rings. The fourth-order valence-corrected chi connectivity index (χ4v) is 2.54. The molecule has 0 aliphatic carbocycles. The molecular weight excluding hydrogens is 240 g/mol. The number of rotatable bonds is 7. The van der Waals surface area contributed by atoms with Crippen LogP contribution in [0.3, 0.4) is 0 Å². The topological polar surface area (TPSA) is 29.3 Å². The van der Waals surface area contributed by atoms with Gasteiger partial charge in [-0.3, -0.25) is 4.90 Å². The minimum Gasteiger partial charge on any atom is -0.329 e. The van der Waals surface area contributed by atoms with E-state index in [1.807, 2.05) is 11.8 Å². The molecule has 0 heterocycles. The zero-order chi connectivity index (χ0) is 13.5. The van der Waals surface area contributed by atoms with Crippen LogP contribution >= 0.6 is 11.8 Å². The van der Waals surface area contributed by atoms with Crippen molar-refractivity contribution in [3.63, 3.8) is 0 Å². The van der Waals surface area contributed by atoms with E-state index in [0.717, 1.165) is 12.3 Å². The average Bonchev–Trinajstić information content (AvgIpc) is 2.37. The first-order valence-electron chi connectivity index (χ1n) is 6.59. The van der Waals surface area contributed by atoms with Crippen LogP contribution in [-0.4, -0.2) is 37.0 Å². The number of nitrogens with two attached hydrogens (primary N) is 1. The van der Waals surface area contributed by atoms with Gasteiger partial charge in [-0.25, -0.2) is 0 Å². The van der Waals surface area contributed by atoms with E-state index in [2.05, 4.69) is 56.3 Å². The van der Waals surface area contributed by atoms with Crippen LogP contribution in [0.2, 0.25) is 0 Å². The van der Waals surface area contributed by atoms with Crippen LogP contribution < -0.4 is 5.73 Å². The summed E-state index contributed by atoms with van der Waals surface area (Å²) in [4.78, 5) is 2.35. The highest BCUT2D eigenvalue weighted by Crippen LogP contribution is 2.21. The molecule has 18 heavy (non-hydrogen) atoms. The van der Waals surface area contributed by atoms with Crippen molar-refractivity contribution in [1.82, 2.24) is 4.90 Å². The normalized spacial score (nSPS) is 13.3. The van der Waals surface area contributed by atoms with E-state index in [-0.39, 0.29) is 0 Å². The lowest BCUT2D eigenvalue weighted by molar-refractivity contribution is 0.265. The summed E-state index contributed by atoms with van der Waals surface area (Å²) in [6.07, 6.45) is 2.14. The average molecular weight is 266 g/mol. The summed E-state index contributed by atoms with van der Waals surface area (Å²) in [6, 6.07) is 9.24. The van der Waals surface area contributed by atoms with E-state index in [9.17, 15) is 0 Å². The van der Waals surface area contributed by atoms with Crippen molar-refractivity contribution in [3.8, 4) is 0 Å². The highest BCUT2D eigenvalue weighted by atomic mass is 32.2. The van der Waals surface area contributed by atoms with E-state index in [1.54, 1.807) is 0 Å². The molecule has 0 radical (unpaired) electrons. The van der Waals surface area contributed by atoms with Crippen molar-refractivity contribution in [1.29, 1.82) is 0 Å². The standard InChI is InChI=1S/C15H26N2S/c1-12(2)13-5-7-14(8-6-13)15(11-16)17(3)9-10-18-4/h5-8,12,15H,9-11,16H2,1-4H3. The van der Waals surface area contributed by atoms with E-state index in [1.165, 1.54) is 11.1 Å². The first-order chi connectivity index (χ1) is 8.60. The van der Waals surface area contributed by atoms with Crippen molar-refractivity contribution in [2.24, 2.45) is 5.73 Å². The molecule has 0 amide bonds. The molecule has 1 aromatic carbocycles. The van der Waals surface area contributed by atoms with Gasteiger partial charge in [-0.1, -0.05) is 38.1 Å². The lowest BCUT2D eigenvalue weighted by Crippen LogP contribution is -2.32. The molecule has 0 saturated heterocycles. The Morgan fingerprint density at radius 1 is 1.17 bits per heavy atom. The summed E-state index contributed by atoms with van der Waals surface area (Å²) in [6.45, 7) is 6.20.